The zero-order valence-electron chi connectivity index (χ0n) is 14.9. The molecule has 0 saturated carbocycles. The standard InChI is InChI=1S/C20H26N4O/c1-16-5-2-3-6-17(16)13-22-14-18-8-10-21-24(18)19(15-22)9-12-23-11-4-7-20(23)25/h2-3,5-6,8,10,19H,4,7,9,11-15H2,1H3/t19-/m1/s1. The van der Waals surface area contributed by atoms with Crippen LogP contribution in [0.1, 0.15) is 42.1 Å². The maximum Gasteiger partial charge on any atom is 0.222 e. The summed E-state index contributed by atoms with van der Waals surface area (Å²) < 4.78 is 2.18. The van der Waals surface area contributed by atoms with Gasteiger partial charge in [-0.1, -0.05) is 24.3 Å². The lowest BCUT2D eigenvalue weighted by Gasteiger charge is -2.35. The predicted octanol–water partition coefficient (Wildman–Crippen LogP) is 2.76. The van der Waals surface area contributed by atoms with E-state index >= 15 is 0 Å². The maximum atomic E-state index is 11.9. The zero-order valence-corrected chi connectivity index (χ0v) is 14.9. The molecule has 2 aliphatic heterocycles. The summed E-state index contributed by atoms with van der Waals surface area (Å²) in [6, 6.07) is 11.1. The van der Waals surface area contributed by atoms with Gasteiger partial charge >= 0.3 is 0 Å². The molecule has 2 aromatic rings. The lowest BCUT2D eigenvalue weighted by atomic mass is 10.1. The number of fused-ring (bicyclic) bond motifs is 1. The van der Waals surface area contributed by atoms with Crippen molar-refractivity contribution in [1.82, 2.24) is 19.6 Å². The molecule has 2 aliphatic rings. The van der Waals surface area contributed by atoms with E-state index in [1.54, 1.807) is 0 Å². The molecule has 0 radical (unpaired) electrons. The van der Waals surface area contributed by atoms with Gasteiger partial charge in [0.15, 0.2) is 0 Å². The van der Waals surface area contributed by atoms with E-state index in [9.17, 15) is 4.79 Å². The fraction of sp³-hybridized carbons (Fsp3) is 0.500. The topological polar surface area (TPSA) is 41.4 Å². The first-order valence-electron chi connectivity index (χ1n) is 9.28. The Morgan fingerprint density at radius 2 is 2.12 bits per heavy atom. The molecule has 4 rings (SSSR count). The third-order valence-corrected chi connectivity index (χ3v) is 5.51. The molecule has 5 nitrogen and oxygen atoms in total. The Hall–Kier alpha value is -2.14. The van der Waals surface area contributed by atoms with Crippen molar-refractivity contribution in [3.8, 4) is 0 Å². The summed E-state index contributed by atoms with van der Waals surface area (Å²) in [4.78, 5) is 16.4. The lowest BCUT2D eigenvalue weighted by molar-refractivity contribution is -0.127. The number of rotatable bonds is 5. The van der Waals surface area contributed by atoms with Crippen LogP contribution in [0.25, 0.3) is 0 Å². The van der Waals surface area contributed by atoms with Gasteiger partial charge in [0.2, 0.25) is 5.91 Å². The van der Waals surface area contributed by atoms with E-state index in [0.29, 0.717) is 11.9 Å². The molecule has 0 N–H and O–H groups in total. The van der Waals surface area contributed by atoms with Gasteiger partial charge in [0, 0.05) is 45.3 Å². The first-order valence-corrected chi connectivity index (χ1v) is 9.28. The van der Waals surface area contributed by atoms with Crippen LogP contribution in [0, 0.1) is 6.92 Å². The Kier molecular flexibility index (Phi) is 4.57. The van der Waals surface area contributed by atoms with Gasteiger partial charge in [0.1, 0.15) is 0 Å². The molecule has 1 atom stereocenters. The van der Waals surface area contributed by atoms with Crippen LogP contribution in [-0.4, -0.2) is 45.1 Å². The molecule has 1 saturated heterocycles. The zero-order chi connectivity index (χ0) is 17.2. The van der Waals surface area contributed by atoms with E-state index < -0.39 is 0 Å². The summed E-state index contributed by atoms with van der Waals surface area (Å²) in [5, 5.41) is 4.55. The van der Waals surface area contributed by atoms with Gasteiger partial charge in [0.25, 0.3) is 0 Å². The number of hydrogen-bond donors (Lipinski definition) is 0. The van der Waals surface area contributed by atoms with Gasteiger partial charge in [-0.25, -0.2) is 0 Å². The Bertz CT molecular complexity index is 754. The van der Waals surface area contributed by atoms with Crippen molar-refractivity contribution in [3.63, 3.8) is 0 Å². The average molecular weight is 338 g/mol. The summed E-state index contributed by atoms with van der Waals surface area (Å²) in [5.74, 6) is 0.313. The molecule has 1 aromatic heterocycles. The minimum Gasteiger partial charge on any atom is -0.343 e. The second kappa shape index (κ2) is 7.00. The highest BCUT2D eigenvalue weighted by atomic mass is 16.2. The van der Waals surface area contributed by atoms with E-state index in [4.69, 9.17) is 0 Å². The Labute approximate surface area is 149 Å². The number of aryl methyl sites for hydroxylation is 1. The molecule has 132 valence electrons. The molecule has 3 heterocycles. The number of nitrogens with zero attached hydrogens (tertiary/aromatic N) is 4. The average Bonchev–Trinajstić information content (AvgIpc) is 3.23. The summed E-state index contributed by atoms with van der Waals surface area (Å²) >= 11 is 0. The fourth-order valence-electron chi connectivity index (χ4n) is 4.07. The highest BCUT2D eigenvalue weighted by Gasteiger charge is 2.27. The molecule has 5 heteroatoms. The van der Waals surface area contributed by atoms with E-state index in [0.717, 1.165) is 52.0 Å². The second-order valence-electron chi connectivity index (χ2n) is 7.29. The third kappa shape index (κ3) is 3.47. The van der Waals surface area contributed by atoms with E-state index in [1.165, 1.54) is 16.8 Å². The van der Waals surface area contributed by atoms with Crippen molar-refractivity contribution in [1.29, 1.82) is 0 Å². The van der Waals surface area contributed by atoms with Crippen molar-refractivity contribution in [3.05, 3.63) is 53.3 Å². The number of carbonyl (C=O) groups is 1. The number of carbonyl (C=O) groups excluding carboxylic acids is 1. The SMILES string of the molecule is Cc1ccccc1CN1Cc2ccnn2[C@H](CCN2CCCC2=O)C1. The number of aromatic nitrogens is 2. The van der Waals surface area contributed by atoms with Crippen LogP contribution in [0.5, 0.6) is 0 Å². The number of amides is 1. The van der Waals surface area contributed by atoms with E-state index in [-0.39, 0.29) is 0 Å². The molecule has 0 aliphatic carbocycles. The van der Waals surface area contributed by atoms with Gasteiger partial charge in [-0.05, 0) is 37.0 Å². The molecule has 25 heavy (non-hydrogen) atoms. The van der Waals surface area contributed by atoms with Crippen LogP contribution in [-0.2, 0) is 17.9 Å². The highest BCUT2D eigenvalue weighted by Crippen LogP contribution is 2.26. The molecular weight excluding hydrogens is 312 g/mol. The van der Waals surface area contributed by atoms with Crippen molar-refractivity contribution < 1.29 is 4.79 Å². The van der Waals surface area contributed by atoms with Gasteiger partial charge in [-0.3, -0.25) is 14.4 Å². The lowest BCUT2D eigenvalue weighted by Crippen LogP contribution is -2.39. The Balaban J connectivity index is 1.46. The fourth-order valence-corrected chi connectivity index (χ4v) is 4.07. The summed E-state index contributed by atoms with van der Waals surface area (Å²) in [7, 11) is 0. The van der Waals surface area contributed by atoms with Gasteiger partial charge in [-0.15, -0.1) is 0 Å². The third-order valence-electron chi connectivity index (χ3n) is 5.51. The monoisotopic (exact) mass is 338 g/mol. The molecule has 1 amide bonds. The van der Waals surface area contributed by atoms with Crippen LogP contribution in [0.15, 0.2) is 36.5 Å². The normalized spacial score (nSPS) is 20.9. The number of likely N-dealkylation sites (tertiary alicyclic amines) is 1. The first kappa shape index (κ1) is 16.3. The van der Waals surface area contributed by atoms with Crippen LogP contribution in [0.2, 0.25) is 0 Å². The summed E-state index contributed by atoms with van der Waals surface area (Å²) in [5.41, 5.74) is 4.02. The van der Waals surface area contributed by atoms with Crippen LogP contribution in [0.3, 0.4) is 0 Å². The second-order valence-corrected chi connectivity index (χ2v) is 7.29. The van der Waals surface area contributed by atoms with Crippen LogP contribution >= 0.6 is 0 Å². The molecular formula is C20H26N4O. The van der Waals surface area contributed by atoms with E-state index in [1.807, 2.05) is 11.1 Å². The predicted molar refractivity (Wildman–Crippen MR) is 97.0 cm³/mol. The Morgan fingerprint density at radius 1 is 1.24 bits per heavy atom. The molecule has 1 fully saturated rings. The maximum absolute atomic E-state index is 11.9. The number of hydrogen-bond acceptors (Lipinski definition) is 3. The van der Waals surface area contributed by atoms with Gasteiger partial charge < -0.3 is 4.90 Å². The van der Waals surface area contributed by atoms with Crippen molar-refractivity contribution >= 4 is 5.91 Å². The minimum absolute atomic E-state index is 0.313. The molecule has 0 spiro atoms. The van der Waals surface area contributed by atoms with Gasteiger partial charge in [-0.2, -0.15) is 5.10 Å². The smallest absolute Gasteiger partial charge is 0.222 e. The van der Waals surface area contributed by atoms with Crippen molar-refractivity contribution in [2.75, 3.05) is 19.6 Å². The quantitative estimate of drug-likeness (QED) is 0.842. The van der Waals surface area contributed by atoms with Crippen molar-refractivity contribution in [2.24, 2.45) is 0 Å². The first-order chi connectivity index (χ1) is 12.2. The number of benzene rings is 1. The van der Waals surface area contributed by atoms with Crippen molar-refractivity contribution in [2.45, 2.75) is 45.3 Å². The van der Waals surface area contributed by atoms with Crippen LogP contribution < -0.4 is 0 Å². The molecule has 0 unspecified atom stereocenters. The Morgan fingerprint density at radius 3 is 2.92 bits per heavy atom. The van der Waals surface area contributed by atoms with E-state index in [2.05, 4.69) is 51.9 Å². The van der Waals surface area contributed by atoms with Crippen LogP contribution in [0.4, 0.5) is 0 Å². The highest BCUT2D eigenvalue weighted by molar-refractivity contribution is 5.77. The molecule has 0 bridgehead atoms. The molecule has 1 aromatic carbocycles. The summed E-state index contributed by atoms with van der Waals surface area (Å²) in [6.45, 7) is 6.85. The largest absolute Gasteiger partial charge is 0.343 e. The summed E-state index contributed by atoms with van der Waals surface area (Å²) in [6.07, 6.45) is 4.61. The van der Waals surface area contributed by atoms with Gasteiger partial charge in [0.05, 0.1) is 11.7 Å². The minimum atomic E-state index is 0.313.